The number of ether oxygens (including phenoxy) is 1. The van der Waals surface area contributed by atoms with Crippen molar-refractivity contribution in [3.63, 3.8) is 0 Å². The lowest BCUT2D eigenvalue weighted by molar-refractivity contribution is -0.138. The highest BCUT2D eigenvalue weighted by atomic mass is 32.2. The summed E-state index contributed by atoms with van der Waals surface area (Å²) in [5, 5.41) is 5.02. The number of thioether (sulfide) groups is 1. The van der Waals surface area contributed by atoms with Crippen LogP contribution in [0.2, 0.25) is 0 Å². The first kappa shape index (κ1) is 24.5. The number of benzene rings is 2. The standard InChI is InChI=1S/C21H22F4N2O3S/c1-30-18-6-4-3-5-15(18)19(28)27-17(9-10-31-2)20(29)26-12-13-7-8-14(22)11-16(13)21(23,24)25/h3-8,11,17H,9-10,12H2,1-2H3,(H,26,29)(H,27,28). The molecule has 2 rings (SSSR count). The maximum absolute atomic E-state index is 13.3. The number of carbonyl (C=O) groups excluding carboxylic acids is 2. The SMILES string of the molecule is COc1ccccc1C(=O)NC(CCSC)C(=O)NCc1ccc(F)cc1C(F)(F)F. The first-order valence-electron chi connectivity index (χ1n) is 9.23. The van der Waals surface area contributed by atoms with Gasteiger partial charge >= 0.3 is 6.18 Å². The van der Waals surface area contributed by atoms with Crippen molar-refractivity contribution in [2.75, 3.05) is 19.1 Å². The van der Waals surface area contributed by atoms with Gasteiger partial charge in [-0.05, 0) is 48.3 Å². The molecule has 31 heavy (non-hydrogen) atoms. The van der Waals surface area contributed by atoms with Crippen molar-refractivity contribution in [2.24, 2.45) is 0 Å². The summed E-state index contributed by atoms with van der Waals surface area (Å²) in [5.41, 5.74) is -1.21. The monoisotopic (exact) mass is 458 g/mol. The predicted molar refractivity (Wildman–Crippen MR) is 110 cm³/mol. The molecule has 1 unspecified atom stereocenters. The van der Waals surface area contributed by atoms with Crippen LogP contribution in [0.25, 0.3) is 0 Å². The molecule has 5 nitrogen and oxygen atoms in total. The Morgan fingerprint density at radius 2 is 1.87 bits per heavy atom. The number of alkyl halides is 3. The zero-order valence-electron chi connectivity index (χ0n) is 16.9. The highest BCUT2D eigenvalue weighted by Gasteiger charge is 2.34. The summed E-state index contributed by atoms with van der Waals surface area (Å²) in [6, 6.07) is 7.74. The van der Waals surface area contributed by atoms with Gasteiger partial charge in [-0.3, -0.25) is 9.59 Å². The van der Waals surface area contributed by atoms with Gasteiger partial charge in [0, 0.05) is 6.54 Å². The van der Waals surface area contributed by atoms with Crippen molar-refractivity contribution in [2.45, 2.75) is 25.2 Å². The number of halogens is 4. The van der Waals surface area contributed by atoms with Gasteiger partial charge < -0.3 is 15.4 Å². The Kier molecular flexibility index (Phi) is 8.73. The second-order valence-electron chi connectivity index (χ2n) is 6.52. The molecule has 2 N–H and O–H groups in total. The van der Waals surface area contributed by atoms with E-state index in [-0.39, 0.29) is 17.5 Å². The summed E-state index contributed by atoms with van der Waals surface area (Å²) in [7, 11) is 1.41. The minimum atomic E-state index is -4.77. The van der Waals surface area contributed by atoms with Gasteiger partial charge in [-0.1, -0.05) is 18.2 Å². The average molecular weight is 458 g/mol. The lowest BCUT2D eigenvalue weighted by Crippen LogP contribution is -2.47. The first-order chi connectivity index (χ1) is 14.7. The van der Waals surface area contributed by atoms with Crippen molar-refractivity contribution in [1.29, 1.82) is 0 Å². The maximum Gasteiger partial charge on any atom is 0.416 e. The molecule has 1 atom stereocenters. The van der Waals surface area contributed by atoms with Crippen LogP contribution in [0.5, 0.6) is 5.75 Å². The first-order valence-corrected chi connectivity index (χ1v) is 10.6. The minimum absolute atomic E-state index is 0.227. The molecule has 0 fully saturated rings. The van der Waals surface area contributed by atoms with E-state index in [0.29, 0.717) is 17.6 Å². The van der Waals surface area contributed by atoms with Gasteiger partial charge in [-0.15, -0.1) is 0 Å². The van der Waals surface area contributed by atoms with Crippen LogP contribution in [0, 0.1) is 5.82 Å². The van der Waals surface area contributed by atoms with Crippen molar-refractivity contribution in [3.05, 3.63) is 65.0 Å². The summed E-state index contributed by atoms with van der Waals surface area (Å²) >= 11 is 1.45. The van der Waals surface area contributed by atoms with Gasteiger partial charge in [-0.25, -0.2) is 4.39 Å². The molecule has 0 aliphatic heterocycles. The molecule has 0 radical (unpaired) electrons. The molecule has 2 amide bonds. The van der Waals surface area contributed by atoms with Gasteiger partial charge in [-0.2, -0.15) is 24.9 Å². The third-order valence-corrected chi connectivity index (χ3v) is 5.06. The zero-order valence-corrected chi connectivity index (χ0v) is 17.7. The topological polar surface area (TPSA) is 67.4 Å². The van der Waals surface area contributed by atoms with Crippen LogP contribution in [-0.2, 0) is 17.5 Å². The molecule has 0 saturated heterocycles. The Hall–Kier alpha value is -2.75. The average Bonchev–Trinajstić information content (AvgIpc) is 2.74. The van der Waals surface area contributed by atoms with Crippen LogP contribution < -0.4 is 15.4 Å². The third kappa shape index (κ3) is 6.88. The van der Waals surface area contributed by atoms with E-state index in [1.165, 1.54) is 24.9 Å². The molecule has 0 aliphatic rings. The van der Waals surface area contributed by atoms with Crippen molar-refractivity contribution >= 4 is 23.6 Å². The number of rotatable bonds is 9. The van der Waals surface area contributed by atoms with Crippen molar-refractivity contribution in [1.82, 2.24) is 10.6 Å². The molecular formula is C21H22F4N2O3S. The normalized spacial score (nSPS) is 12.2. The second-order valence-corrected chi connectivity index (χ2v) is 7.51. The fraction of sp³-hybridized carbons (Fsp3) is 0.333. The third-order valence-electron chi connectivity index (χ3n) is 4.41. The molecule has 0 bridgehead atoms. The number of hydrogen-bond donors (Lipinski definition) is 2. The summed E-state index contributed by atoms with van der Waals surface area (Å²) in [6.07, 6.45) is -2.67. The van der Waals surface area contributed by atoms with E-state index in [4.69, 9.17) is 4.74 Å². The molecule has 0 aromatic heterocycles. The fourth-order valence-electron chi connectivity index (χ4n) is 2.84. The predicted octanol–water partition coefficient (Wildman–Crippen LogP) is 4.02. The van der Waals surface area contributed by atoms with Gasteiger partial charge in [0.05, 0.1) is 18.2 Å². The number of carbonyl (C=O) groups is 2. The zero-order chi connectivity index (χ0) is 23.0. The largest absolute Gasteiger partial charge is 0.496 e. The van der Waals surface area contributed by atoms with Crippen LogP contribution in [-0.4, -0.2) is 37.0 Å². The fourth-order valence-corrected chi connectivity index (χ4v) is 3.32. The summed E-state index contributed by atoms with van der Waals surface area (Å²) in [4.78, 5) is 25.3. The molecule has 2 aromatic rings. The Morgan fingerprint density at radius 3 is 2.52 bits per heavy atom. The van der Waals surface area contributed by atoms with Gasteiger partial charge in [0.25, 0.3) is 5.91 Å². The lowest BCUT2D eigenvalue weighted by Gasteiger charge is -2.20. The van der Waals surface area contributed by atoms with E-state index < -0.39 is 42.0 Å². The number of nitrogens with one attached hydrogen (secondary N) is 2. The van der Waals surface area contributed by atoms with Gasteiger partial charge in [0.1, 0.15) is 17.6 Å². The lowest BCUT2D eigenvalue weighted by atomic mass is 10.1. The number of para-hydroxylation sites is 1. The molecule has 168 valence electrons. The molecule has 10 heteroatoms. The second kappa shape index (κ2) is 11.0. The molecule has 0 heterocycles. The number of methoxy groups -OCH3 is 1. The van der Waals surface area contributed by atoms with Crippen LogP contribution in [0.15, 0.2) is 42.5 Å². The summed E-state index contributed by atoms with van der Waals surface area (Å²) < 4.78 is 57.9. The minimum Gasteiger partial charge on any atom is -0.496 e. The van der Waals surface area contributed by atoms with Crippen molar-refractivity contribution in [3.8, 4) is 5.75 Å². The van der Waals surface area contributed by atoms with E-state index in [1.54, 1.807) is 18.2 Å². The van der Waals surface area contributed by atoms with Crippen LogP contribution in [0.1, 0.15) is 27.9 Å². The molecule has 0 aliphatic carbocycles. The summed E-state index contributed by atoms with van der Waals surface area (Å²) in [5.74, 6) is -1.35. The van der Waals surface area contributed by atoms with Crippen molar-refractivity contribution < 1.29 is 31.9 Å². The Morgan fingerprint density at radius 1 is 1.16 bits per heavy atom. The van der Waals surface area contributed by atoms with Crippen LogP contribution in [0.4, 0.5) is 17.6 Å². The number of hydrogen-bond acceptors (Lipinski definition) is 4. The van der Waals surface area contributed by atoms with Gasteiger partial charge in [0.15, 0.2) is 0 Å². The Bertz CT molecular complexity index is 922. The van der Waals surface area contributed by atoms with Crippen LogP contribution >= 0.6 is 11.8 Å². The Labute approximate surface area is 181 Å². The van der Waals surface area contributed by atoms with E-state index in [2.05, 4.69) is 10.6 Å². The van der Waals surface area contributed by atoms with E-state index in [1.807, 2.05) is 6.26 Å². The van der Waals surface area contributed by atoms with E-state index >= 15 is 0 Å². The highest BCUT2D eigenvalue weighted by Crippen LogP contribution is 2.32. The van der Waals surface area contributed by atoms with E-state index in [0.717, 1.165) is 12.1 Å². The summed E-state index contributed by atoms with van der Waals surface area (Å²) in [6.45, 7) is -0.464. The molecule has 0 spiro atoms. The number of amides is 2. The van der Waals surface area contributed by atoms with Crippen LogP contribution in [0.3, 0.4) is 0 Å². The molecular weight excluding hydrogens is 436 g/mol. The van der Waals surface area contributed by atoms with E-state index in [9.17, 15) is 27.2 Å². The molecule has 0 saturated carbocycles. The maximum atomic E-state index is 13.3. The Balaban J connectivity index is 2.14. The molecule has 2 aromatic carbocycles. The van der Waals surface area contributed by atoms with Gasteiger partial charge in [0.2, 0.25) is 5.91 Å². The highest BCUT2D eigenvalue weighted by molar-refractivity contribution is 7.98. The smallest absolute Gasteiger partial charge is 0.416 e. The quantitative estimate of drug-likeness (QED) is 0.557.